The van der Waals surface area contributed by atoms with Gasteiger partial charge in [-0.15, -0.1) is 0 Å². The van der Waals surface area contributed by atoms with Gasteiger partial charge in [0.1, 0.15) is 0 Å². The van der Waals surface area contributed by atoms with Crippen LogP contribution >= 0.6 is 0 Å². The smallest absolute Gasteiger partial charge is 0.318 e. The number of carbonyl (C=O) groups excluding carboxylic acids is 1. The van der Waals surface area contributed by atoms with E-state index in [1.54, 1.807) is 0 Å². The van der Waals surface area contributed by atoms with Crippen molar-refractivity contribution in [2.75, 3.05) is 19.8 Å². The molecule has 0 radical (unpaired) electrons. The molecule has 130 valence electrons. The average molecular weight is 322 g/mol. The van der Waals surface area contributed by atoms with Gasteiger partial charge in [0.25, 0.3) is 0 Å². The van der Waals surface area contributed by atoms with Gasteiger partial charge in [0.15, 0.2) is 6.29 Å². The molecule has 2 amide bonds. The van der Waals surface area contributed by atoms with Crippen LogP contribution in [0.25, 0.3) is 0 Å². The number of hydrogen-bond acceptors (Lipinski definition) is 3. The Balaban J connectivity index is 1.31. The summed E-state index contributed by atoms with van der Waals surface area (Å²) in [6, 6.07) is 0.619. The molecule has 5 heteroatoms. The zero-order chi connectivity index (χ0) is 15.6. The zero-order valence-electron chi connectivity index (χ0n) is 14.0. The van der Waals surface area contributed by atoms with Gasteiger partial charge in [-0.3, -0.25) is 0 Å². The van der Waals surface area contributed by atoms with Gasteiger partial charge in [0.05, 0.1) is 19.3 Å². The summed E-state index contributed by atoms with van der Waals surface area (Å²) >= 11 is 0. The summed E-state index contributed by atoms with van der Waals surface area (Å²) in [6.07, 6.45) is 11.1. The summed E-state index contributed by atoms with van der Waals surface area (Å²) in [5.41, 5.74) is 0. The number of piperidine rings is 1. The highest BCUT2D eigenvalue weighted by Crippen LogP contribution is 2.44. The maximum atomic E-state index is 12.7. The summed E-state index contributed by atoms with van der Waals surface area (Å²) < 4.78 is 11.3. The summed E-state index contributed by atoms with van der Waals surface area (Å²) in [5.74, 6) is 1.59. The normalized spacial score (nSPS) is 36.2. The molecule has 0 spiro atoms. The maximum Gasteiger partial charge on any atom is 0.318 e. The minimum absolute atomic E-state index is 0.0955. The van der Waals surface area contributed by atoms with Crippen molar-refractivity contribution in [3.8, 4) is 0 Å². The Hall–Kier alpha value is -0.810. The first kappa shape index (κ1) is 15.7. The summed E-state index contributed by atoms with van der Waals surface area (Å²) in [5, 5.41) is 3.30. The molecule has 0 aromatic carbocycles. The molecule has 5 nitrogen and oxygen atoms in total. The van der Waals surface area contributed by atoms with Crippen LogP contribution in [0.15, 0.2) is 0 Å². The molecule has 2 aliphatic carbocycles. The van der Waals surface area contributed by atoms with Gasteiger partial charge in [-0.2, -0.15) is 0 Å². The standard InChI is InChI=1S/C18H30N2O3/c21-18(19-15-12-14(15)13-6-2-1-3-7-13)20-9-5-4-8-16(20)17-22-10-11-23-17/h13-17H,1-12H2,(H,19,21). The quantitative estimate of drug-likeness (QED) is 0.869. The molecule has 0 aromatic heterocycles. The summed E-state index contributed by atoms with van der Waals surface area (Å²) in [6.45, 7) is 2.15. The number of rotatable bonds is 3. The van der Waals surface area contributed by atoms with Crippen LogP contribution in [-0.2, 0) is 9.47 Å². The highest BCUT2D eigenvalue weighted by atomic mass is 16.7. The molecular weight excluding hydrogens is 292 g/mol. The first-order valence-corrected chi connectivity index (χ1v) is 9.63. The molecule has 2 heterocycles. The predicted octanol–water partition coefficient (Wildman–Crippen LogP) is 2.89. The Kier molecular flexibility index (Phi) is 4.76. The fraction of sp³-hybridized carbons (Fsp3) is 0.944. The fourth-order valence-corrected chi connectivity index (χ4v) is 4.80. The third-order valence-corrected chi connectivity index (χ3v) is 6.18. The van der Waals surface area contributed by atoms with E-state index in [9.17, 15) is 4.79 Å². The van der Waals surface area contributed by atoms with Crippen molar-refractivity contribution in [3.05, 3.63) is 0 Å². The molecule has 4 fully saturated rings. The number of amides is 2. The third-order valence-electron chi connectivity index (χ3n) is 6.18. The third kappa shape index (κ3) is 3.50. The van der Waals surface area contributed by atoms with E-state index in [-0.39, 0.29) is 18.4 Å². The lowest BCUT2D eigenvalue weighted by atomic mass is 9.85. The monoisotopic (exact) mass is 322 g/mol. The van der Waals surface area contributed by atoms with Crippen molar-refractivity contribution >= 4 is 6.03 Å². The molecule has 2 saturated carbocycles. The van der Waals surface area contributed by atoms with Crippen molar-refractivity contribution in [3.63, 3.8) is 0 Å². The Morgan fingerprint density at radius 2 is 1.70 bits per heavy atom. The van der Waals surface area contributed by atoms with Gasteiger partial charge in [0.2, 0.25) is 0 Å². The molecule has 0 aromatic rings. The molecule has 2 saturated heterocycles. The van der Waals surface area contributed by atoms with E-state index in [2.05, 4.69) is 5.32 Å². The van der Waals surface area contributed by atoms with Crippen LogP contribution < -0.4 is 5.32 Å². The average Bonchev–Trinajstić information content (AvgIpc) is 3.15. The van der Waals surface area contributed by atoms with Crippen molar-refractivity contribution in [2.24, 2.45) is 11.8 Å². The van der Waals surface area contributed by atoms with Crippen molar-refractivity contribution < 1.29 is 14.3 Å². The molecule has 2 aliphatic heterocycles. The van der Waals surface area contributed by atoms with Crippen LogP contribution in [0.2, 0.25) is 0 Å². The number of nitrogens with zero attached hydrogens (tertiary/aromatic N) is 1. The predicted molar refractivity (Wildman–Crippen MR) is 87.0 cm³/mol. The lowest BCUT2D eigenvalue weighted by molar-refractivity contribution is -0.0983. The van der Waals surface area contributed by atoms with Crippen molar-refractivity contribution in [2.45, 2.75) is 76.2 Å². The molecule has 1 N–H and O–H groups in total. The minimum atomic E-state index is -0.214. The Morgan fingerprint density at radius 1 is 0.957 bits per heavy atom. The second-order valence-electron chi connectivity index (χ2n) is 7.72. The van der Waals surface area contributed by atoms with Crippen LogP contribution in [0.1, 0.15) is 57.8 Å². The number of ether oxygens (including phenoxy) is 2. The van der Waals surface area contributed by atoms with E-state index < -0.39 is 0 Å². The largest absolute Gasteiger partial charge is 0.348 e. The minimum Gasteiger partial charge on any atom is -0.348 e. The number of likely N-dealkylation sites (tertiary alicyclic amines) is 1. The second kappa shape index (κ2) is 6.98. The topological polar surface area (TPSA) is 50.8 Å². The van der Waals surface area contributed by atoms with Crippen molar-refractivity contribution in [1.82, 2.24) is 10.2 Å². The van der Waals surface area contributed by atoms with Gasteiger partial charge in [0, 0.05) is 12.6 Å². The number of urea groups is 1. The molecule has 3 atom stereocenters. The number of carbonyl (C=O) groups is 1. The molecule has 4 aliphatic rings. The highest BCUT2D eigenvalue weighted by Gasteiger charge is 2.45. The van der Waals surface area contributed by atoms with Crippen LogP contribution in [0.4, 0.5) is 4.79 Å². The van der Waals surface area contributed by atoms with Crippen LogP contribution in [-0.4, -0.2) is 49.1 Å². The second-order valence-corrected chi connectivity index (χ2v) is 7.72. The lowest BCUT2D eigenvalue weighted by Crippen LogP contribution is -2.54. The van der Waals surface area contributed by atoms with Gasteiger partial charge >= 0.3 is 6.03 Å². The van der Waals surface area contributed by atoms with E-state index in [0.29, 0.717) is 19.3 Å². The van der Waals surface area contributed by atoms with E-state index in [1.165, 1.54) is 38.5 Å². The van der Waals surface area contributed by atoms with Crippen LogP contribution in [0.3, 0.4) is 0 Å². The summed E-state index contributed by atoms with van der Waals surface area (Å²) in [7, 11) is 0. The van der Waals surface area contributed by atoms with E-state index in [1.807, 2.05) is 4.90 Å². The van der Waals surface area contributed by atoms with Gasteiger partial charge in [-0.1, -0.05) is 32.1 Å². The van der Waals surface area contributed by atoms with E-state index in [0.717, 1.165) is 37.6 Å². The first-order chi connectivity index (χ1) is 11.3. The zero-order valence-corrected chi connectivity index (χ0v) is 14.0. The molecule has 0 bridgehead atoms. The fourth-order valence-electron chi connectivity index (χ4n) is 4.80. The molecule has 4 rings (SSSR count). The van der Waals surface area contributed by atoms with E-state index in [4.69, 9.17) is 9.47 Å². The van der Waals surface area contributed by atoms with Crippen molar-refractivity contribution in [1.29, 1.82) is 0 Å². The van der Waals surface area contributed by atoms with Crippen LogP contribution in [0, 0.1) is 11.8 Å². The Labute approximate surface area is 139 Å². The lowest BCUT2D eigenvalue weighted by Gasteiger charge is -2.38. The molecule has 23 heavy (non-hydrogen) atoms. The SMILES string of the molecule is O=C(NC1CC1C1CCCCC1)N1CCCCC1C1OCCO1. The summed E-state index contributed by atoms with van der Waals surface area (Å²) in [4.78, 5) is 14.7. The first-order valence-electron chi connectivity index (χ1n) is 9.63. The molecule has 3 unspecified atom stereocenters. The number of hydrogen-bond donors (Lipinski definition) is 1. The highest BCUT2D eigenvalue weighted by molar-refractivity contribution is 5.75. The van der Waals surface area contributed by atoms with E-state index >= 15 is 0 Å². The number of nitrogens with one attached hydrogen (secondary N) is 1. The van der Waals surface area contributed by atoms with Gasteiger partial charge < -0.3 is 19.7 Å². The maximum absolute atomic E-state index is 12.7. The van der Waals surface area contributed by atoms with Crippen LogP contribution in [0.5, 0.6) is 0 Å². The molecular formula is C18H30N2O3. The Bertz CT molecular complexity index is 418. The Morgan fingerprint density at radius 3 is 2.48 bits per heavy atom. The van der Waals surface area contributed by atoms with Gasteiger partial charge in [-0.25, -0.2) is 4.79 Å². The van der Waals surface area contributed by atoms with Gasteiger partial charge in [-0.05, 0) is 37.5 Å².